The molecule has 0 bridgehead atoms. The van der Waals surface area contributed by atoms with Gasteiger partial charge in [-0.05, 0) is 55.7 Å². The highest BCUT2D eigenvalue weighted by Gasteiger charge is 2.51. The van der Waals surface area contributed by atoms with Crippen molar-refractivity contribution in [1.29, 1.82) is 0 Å². The van der Waals surface area contributed by atoms with E-state index in [2.05, 4.69) is 10.4 Å². The van der Waals surface area contributed by atoms with Crippen molar-refractivity contribution in [1.82, 2.24) is 9.78 Å². The van der Waals surface area contributed by atoms with Crippen LogP contribution in [0.4, 0.5) is 15.9 Å². The van der Waals surface area contributed by atoms with Crippen molar-refractivity contribution < 1.29 is 22.7 Å². The number of aryl methyl sites for hydroxylation is 1. The van der Waals surface area contributed by atoms with Gasteiger partial charge in [0.1, 0.15) is 27.0 Å². The summed E-state index contributed by atoms with van der Waals surface area (Å²) in [6.07, 6.45) is 3.35. The topological polar surface area (TPSA) is 127 Å². The lowest BCUT2D eigenvalue weighted by molar-refractivity contribution is 0.0613. The van der Waals surface area contributed by atoms with E-state index in [1.165, 1.54) is 22.9 Å². The van der Waals surface area contributed by atoms with Crippen LogP contribution in [0.5, 0.6) is 0 Å². The van der Waals surface area contributed by atoms with Crippen LogP contribution in [0.15, 0.2) is 18.2 Å². The quantitative estimate of drug-likeness (QED) is 0.598. The molecule has 174 valence electrons. The molecule has 0 spiro atoms. The first-order chi connectivity index (χ1) is 14.8. The van der Waals surface area contributed by atoms with Crippen LogP contribution in [0.25, 0.3) is 0 Å². The van der Waals surface area contributed by atoms with Crippen molar-refractivity contribution in [3.63, 3.8) is 0 Å². The molecule has 0 aliphatic heterocycles. The second-order valence-corrected chi connectivity index (χ2v) is 11.8. The standard InChI is InChI=1S/C21H26ClFN4O4S/c1-27-19(24)17(20(28)25-14-3-4-16(23)15(22)7-14)18(26-27)11-5-12-8-21(29,9-13(12)6-11)10-32(2,30)31/h3-4,7,11-13,29H,5-6,8-10,24H2,1-2H3,(H,25,28)/t11-,12-,13+,21+. The van der Waals surface area contributed by atoms with E-state index < -0.39 is 27.2 Å². The van der Waals surface area contributed by atoms with Crippen molar-refractivity contribution in [2.75, 3.05) is 23.1 Å². The van der Waals surface area contributed by atoms with E-state index in [1.54, 1.807) is 7.05 Å². The molecule has 4 N–H and O–H groups in total. The number of nitrogens with zero attached hydrogens (tertiary/aromatic N) is 2. The Hall–Kier alpha value is -2.17. The van der Waals surface area contributed by atoms with E-state index in [0.29, 0.717) is 37.1 Å². The van der Waals surface area contributed by atoms with Gasteiger partial charge in [-0.3, -0.25) is 9.48 Å². The Morgan fingerprint density at radius 1 is 1.38 bits per heavy atom. The molecule has 2 fully saturated rings. The molecular formula is C21H26ClFN4O4S. The molecule has 1 aromatic heterocycles. The number of rotatable bonds is 5. The number of anilines is 2. The first-order valence-electron chi connectivity index (χ1n) is 10.3. The first-order valence-corrected chi connectivity index (χ1v) is 12.8. The Morgan fingerprint density at radius 2 is 2.00 bits per heavy atom. The number of halogens is 2. The number of fused-ring (bicyclic) bond motifs is 1. The van der Waals surface area contributed by atoms with E-state index in [1.807, 2.05) is 0 Å². The number of nitrogen functional groups attached to an aromatic ring is 1. The monoisotopic (exact) mass is 484 g/mol. The number of carbonyl (C=O) groups is 1. The van der Waals surface area contributed by atoms with E-state index in [0.717, 1.165) is 6.26 Å². The largest absolute Gasteiger partial charge is 0.389 e. The number of aromatic nitrogens is 2. The third-order valence-electron chi connectivity index (χ3n) is 6.57. The minimum absolute atomic E-state index is 0.0335. The lowest BCUT2D eigenvalue weighted by Gasteiger charge is -2.23. The lowest BCUT2D eigenvalue weighted by atomic mass is 9.92. The number of nitrogens with two attached hydrogens (primary N) is 1. The molecule has 2 saturated carbocycles. The molecule has 2 aromatic rings. The molecule has 0 radical (unpaired) electrons. The highest BCUT2D eigenvalue weighted by atomic mass is 35.5. The van der Waals surface area contributed by atoms with Gasteiger partial charge >= 0.3 is 0 Å². The molecule has 11 heteroatoms. The summed E-state index contributed by atoms with van der Waals surface area (Å²) >= 11 is 5.81. The number of carbonyl (C=O) groups excluding carboxylic acids is 1. The number of hydrogen-bond acceptors (Lipinski definition) is 6. The summed E-state index contributed by atoms with van der Waals surface area (Å²) in [4.78, 5) is 13.0. The Labute approximate surface area is 190 Å². The Balaban J connectivity index is 1.53. The zero-order valence-corrected chi connectivity index (χ0v) is 19.4. The maximum absolute atomic E-state index is 13.4. The average molecular weight is 485 g/mol. The number of aliphatic hydroxyl groups is 1. The van der Waals surface area contributed by atoms with E-state index in [-0.39, 0.29) is 39.9 Å². The van der Waals surface area contributed by atoms with Gasteiger partial charge in [-0.25, -0.2) is 12.8 Å². The molecular weight excluding hydrogens is 459 g/mol. The van der Waals surface area contributed by atoms with Crippen LogP contribution in [-0.2, 0) is 16.9 Å². The minimum atomic E-state index is -3.29. The van der Waals surface area contributed by atoms with Crippen LogP contribution < -0.4 is 11.1 Å². The summed E-state index contributed by atoms with van der Waals surface area (Å²) in [5, 5.41) is 17.9. The summed E-state index contributed by atoms with van der Waals surface area (Å²) < 4.78 is 38.3. The Bertz CT molecular complexity index is 1170. The van der Waals surface area contributed by atoms with Gasteiger partial charge in [0.15, 0.2) is 0 Å². The second-order valence-electron chi connectivity index (χ2n) is 9.24. The second kappa shape index (κ2) is 8.00. The molecule has 8 nitrogen and oxygen atoms in total. The number of benzene rings is 1. The van der Waals surface area contributed by atoms with Crippen LogP contribution in [0.1, 0.15) is 47.7 Å². The fraction of sp³-hybridized carbons (Fsp3) is 0.524. The predicted molar refractivity (Wildman–Crippen MR) is 120 cm³/mol. The van der Waals surface area contributed by atoms with Crippen LogP contribution in [-0.4, -0.2) is 46.8 Å². The van der Waals surface area contributed by atoms with Crippen molar-refractivity contribution in [2.24, 2.45) is 18.9 Å². The first kappa shape index (κ1) is 23.0. The van der Waals surface area contributed by atoms with Crippen LogP contribution in [0, 0.1) is 17.7 Å². The number of nitrogens with one attached hydrogen (secondary N) is 1. The minimum Gasteiger partial charge on any atom is -0.389 e. The van der Waals surface area contributed by atoms with Gasteiger partial charge in [-0.1, -0.05) is 11.6 Å². The fourth-order valence-electron chi connectivity index (χ4n) is 5.44. The van der Waals surface area contributed by atoms with E-state index in [4.69, 9.17) is 17.3 Å². The van der Waals surface area contributed by atoms with Crippen LogP contribution in [0.3, 0.4) is 0 Å². The van der Waals surface area contributed by atoms with Crippen LogP contribution in [0.2, 0.25) is 5.02 Å². The highest BCUT2D eigenvalue weighted by Crippen LogP contribution is 2.54. The Kier molecular flexibility index (Phi) is 5.75. The summed E-state index contributed by atoms with van der Waals surface area (Å²) in [5.41, 5.74) is 6.15. The maximum atomic E-state index is 13.4. The Morgan fingerprint density at radius 3 is 2.56 bits per heavy atom. The summed E-state index contributed by atoms with van der Waals surface area (Å²) in [7, 11) is -1.63. The van der Waals surface area contributed by atoms with Gasteiger partial charge in [0.05, 0.1) is 22.1 Å². The molecule has 0 unspecified atom stereocenters. The molecule has 4 atom stereocenters. The van der Waals surface area contributed by atoms with E-state index >= 15 is 0 Å². The number of hydrogen-bond donors (Lipinski definition) is 3. The van der Waals surface area contributed by atoms with Crippen molar-refractivity contribution in [3.8, 4) is 0 Å². The maximum Gasteiger partial charge on any atom is 0.261 e. The predicted octanol–water partition coefficient (Wildman–Crippen LogP) is 2.73. The van der Waals surface area contributed by atoms with Crippen molar-refractivity contribution in [2.45, 2.75) is 37.2 Å². The van der Waals surface area contributed by atoms with Gasteiger partial charge in [0.25, 0.3) is 5.91 Å². The normalized spacial score (nSPS) is 27.5. The lowest BCUT2D eigenvalue weighted by Crippen LogP contribution is -2.34. The molecule has 0 saturated heterocycles. The van der Waals surface area contributed by atoms with Gasteiger partial charge < -0.3 is 16.2 Å². The highest BCUT2D eigenvalue weighted by molar-refractivity contribution is 7.90. The summed E-state index contributed by atoms with van der Waals surface area (Å²) in [5.74, 6) is -0.783. The number of amides is 1. The molecule has 1 amide bonds. The smallest absolute Gasteiger partial charge is 0.261 e. The molecule has 1 aromatic carbocycles. The third kappa shape index (κ3) is 4.49. The summed E-state index contributed by atoms with van der Waals surface area (Å²) in [6.45, 7) is 0. The van der Waals surface area contributed by atoms with Gasteiger partial charge in [-0.15, -0.1) is 0 Å². The molecule has 2 aliphatic rings. The molecule has 1 heterocycles. The zero-order chi connectivity index (χ0) is 23.4. The summed E-state index contributed by atoms with van der Waals surface area (Å²) in [6, 6.07) is 3.90. The SMILES string of the molecule is Cn1nc([C@@H]2C[C@@H]3C[C@@](O)(CS(C)(=O)=O)C[C@@H]3C2)c(C(=O)Nc2ccc(F)c(Cl)c2)c1N. The number of sulfone groups is 1. The van der Waals surface area contributed by atoms with Gasteiger partial charge in [-0.2, -0.15) is 5.10 Å². The fourth-order valence-corrected chi connectivity index (χ4v) is 6.84. The molecule has 32 heavy (non-hydrogen) atoms. The third-order valence-corrected chi connectivity index (χ3v) is 7.92. The zero-order valence-electron chi connectivity index (χ0n) is 17.8. The average Bonchev–Trinajstić information content (AvgIpc) is 3.26. The van der Waals surface area contributed by atoms with Crippen molar-refractivity contribution in [3.05, 3.63) is 40.3 Å². The van der Waals surface area contributed by atoms with Crippen molar-refractivity contribution >= 4 is 38.9 Å². The van der Waals surface area contributed by atoms with E-state index in [9.17, 15) is 22.7 Å². The van der Waals surface area contributed by atoms with Gasteiger partial charge in [0, 0.05) is 24.9 Å². The van der Waals surface area contributed by atoms with Gasteiger partial charge in [0.2, 0.25) is 0 Å². The molecule has 2 aliphatic carbocycles. The molecule has 4 rings (SSSR count). The van der Waals surface area contributed by atoms with Crippen LogP contribution >= 0.6 is 11.6 Å².